The number of hydrogen-bond donors (Lipinski definition) is 1. The van der Waals surface area contributed by atoms with E-state index in [4.69, 9.17) is 4.74 Å². The van der Waals surface area contributed by atoms with Gasteiger partial charge in [0.1, 0.15) is 12.4 Å². The van der Waals surface area contributed by atoms with Crippen molar-refractivity contribution in [1.82, 2.24) is 5.32 Å². The Hall–Kier alpha value is -1.62. The van der Waals surface area contributed by atoms with Gasteiger partial charge < -0.3 is 10.1 Å². The fourth-order valence-corrected chi connectivity index (χ4v) is 0.935. The van der Waals surface area contributed by atoms with E-state index in [9.17, 15) is 10.1 Å². The molecule has 0 aromatic heterocycles. The minimum absolute atomic E-state index is 0.0750. The summed E-state index contributed by atoms with van der Waals surface area (Å²) in [5.41, 5.74) is 0.0750. The Bertz CT molecular complexity index is 297. The Morgan fingerprint density at radius 1 is 1.43 bits per heavy atom. The fourth-order valence-electron chi connectivity index (χ4n) is 0.935. The van der Waals surface area contributed by atoms with Gasteiger partial charge in [-0.2, -0.15) is 0 Å². The summed E-state index contributed by atoms with van der Waals surface area (Å²) in [7, 11) is 1.83. The minimum atomic E-state index is -0.433. The maximum absolute atomic E-state index is 10.3. The van der Waals surface area contributed by atoms with Crippen LogP contribution < -0.4 is 10.1 Å². The summed E-state index contributed by atoms with van der Waals surface area (Å²) >= 11 is 0. The normalized spacial score (nSPS) is 9.79. The monoisotopic (exact) mass is 196 g/mol. The van der Waals surface area contributed by atoms with Crippen molar-refractivity contribution in [3.63, 3.8) is 0 Å². The van der Waals surface area contributed by atoms with Gasteiger partial charge in [0.2, 0.25) is 0 Å². The van der Waals surface area contributed by atoms with Gasteiger partial charge in [0.05, 0.1) is 4.92 Å². The molecule has 0 fully saturated rings. The lowest BCUT2D eigenvalue weighted by Crippen LogP contribution is -2.15. The van der Waals surface area contributed by atoms with Gasteiger partial charge in [0.15, 0.2) is 0 Å². The zero-order valence-corrected chi connectivity index (χ0v) is 7.90. The molecular formula is C9H12N2O3. The molecule has 0 atom stereocenters. The number of nitro groups is 1. The van der Waals surface area contributed by atoms with Gasteiger partial charge >= 0.3 is 0 Å². The van der Waals surface area contributed by atoms with E-state index < -0.39 is 4.92 Å². The molecule has 14 heavy (non-hydrogen) atoms. The number of ether oxygens (including phenoxy) is 1. The number of nitro benzene ring substituents is 1. The Morgan fingerprint density at radius 2 is 2.07 bits per heavy atom. The molecule has 0 heterocycles. The molecule has 0 bridgehead atoms. The van der Waals surface area contributed by atoms with Crippen molar-refractivity contribution in [2.24, 2.45) is 0 Å². The molecular weight excluding hydrogens is 184 g/mol. The molecule has 1 N–H and O–H groups in total. The van der Waals surface area contributed by atoms with Crippen LogP contribution in [0.15, 0.2) is 24.3 Å². The number of benzene rings is 1. The zero-order valence-electron chi connectivity index (χ0n) is 7.90. The summed E-state index contributed by atoms with van der Waals surface area (Å²) < 4.78 is 5.30. The number of nitrogens with one attached hydrogen (secondary N) is 1. The van der Waals surface area contributed by atoms with Crippen LogP contribution in [-0.2, 0) is 0 Å². The van der Waals surface area contributed by atoms with Gasteiger partial charge in [0, 0.05) is 18.7 Å². The maximum atomic E-state index is 10.3. The fraction of sp³-hybridized carbons (Fsp3) is 0.333. The highest BCUT2D eigenvalue weighted by atomic mass is 16.6. The smallest absolute Gasteiger partial charge is 0.269 e. The molecule has 1 aromatic carbocycles. The minimum Gasteiger partial charge on any atom is -0.492 e. The zero-order chi connectivity index (χ0) is 10.4. The molecule has 0 spiro atoms. The van der Waals surface area contributed by atoms with E-state index in [1.54, 1.807) is 12.1 Å². The first-order valence-corrected chi connectivity index (χ1v) is 4.26. The van der Waals surface area contributed by atoms with Crippen molar-refractivity contribution in [2.75, 3.05) is 20.2 Å². The summed E-state index contributed by atoms with van der Waals surface area (Å²) in [6, 6.07) is 6.03. The lowest BCUT2D eigenvalue weighted by molar-refractivity contribution is -0.384. The van der Waals surface area contributed by atoms with Crippen LogP contribution in [0.3, 0.4) is 0 Å². The van der Waals surface area contributed by atoms with Gasteiger partial charge in [0.25, 0.3) is 5.69 Å². The van der Waals surface area contributed by atoms with Gasteiger partial charge in [-0.3, -0.25) is 10.1 Å². The summed E-state index contributed by atoms with van der Waals surface area (Å²) in [5, 5.41) is 13.3. The van der Waals surface area contributed by atoms with E-state index in [0.29, 0.717) is 12.4 Å². The van der Waals surface area contributed by atoms with Crippen LogP contribution in [0.25, 0.3) is 0 Å². The predicted octanol–water partition coefficient (Wildman–Crippen LogP) is 1.19. The molecule has 0 saturated heterocycles. The second-order valence-electron chi connectivity index (χ2n) is 2.70. The molecule has 5 heteroatoms. The first-order valence-electron chi connectivity index (χ1n) is 4.26. The van der Waals surface area contributed by atoms with Gasteiger partial charge in [-0.15, -0.1) is 0 Å². The molecule has 0 unspecified atom stereocenters. The van der Waals surface area contributed by atoms with Gasteiger partial charge in [-0.1, -0.05) is 0 Å². The largest absolute Gasteiger partial charge is 0.492 e. The molecule has 0 aliphatic rings. The SMILES string of the molecule is CNCCOc1ccc([N+](=O)[O-])cc1. The average molecular weight is 196 g/mol. The van der Waals surface area contributed by atoms with E-state index >= 15 is 0 Å². The van der Waals surface area contributed by atoms with Crippen LogP contribution in [-0.4, -0.2) is 25.1 Å². The third kappa shape index (κ3) is 3.02. The van der Waals surface area contributed by atoms with Crippen LogP contribution in [0.2, 0.25) is 0 Å². The van der Waals surface area contributed by atoms with E-state index in [2.05, 4.69) is 5.32 Å². The first kappa shape index (κ1) is 10.5. The van der Waals surface area contributed by atoms with Crippen molar-refractivity contribution in [3.8, 4) is 5.75 Å². The summed E-state index contributed by atoms with van der Waals surface area (Å²) in [6.45, 7) is 1.30. The lowest BCUT2D eigenvalue weighted by atomic mass is 10.3. The standard InChI is InChI=1S/C9H12N2O3/c1-10-6-7-14-9-4-2-8(3-5-9)11(12)13/h2-5,10H,6-7H2,1H3. The average Bonchev–Trinajstić information content (AvgIpc) is 2.19. The molecule has 5 nitrogen and oxygen atoms in total. The van der Waals surface area contributed by atoms with E-state index in [1.165, 1.54) is 12.1 Å². The second-order valence-corrected chi connectivity index (χ2v) is 2.70. The van der Waals surface area contributed by atoms with Crippen LogP contribution >= 0.6 is 0 Å². The molecule has 1 rings (SSSR count). The van der Waals surface area contributed by atoms with E-state index in [0.717, 1.165) is 6.54 Å². The van der Waals surface area contributed by atoms with Crippen LogP contribution in [0.5, 0.6) is 5.75 Å². The molecule has 0 aliphatic carbocycles. The Morgan fingerprint density at radius 3 is 2.57 bits per heavy atom. The second kappa shape index (κ2) is 5.18. The highest BCUT2D eigenvalue weighted by Gasteiger charge is 2.03. The van der Waals surface area contributed by atoms with E-state index in [-0.39, 0.29) is 5.69 Å². The molecule has 0 saturated carbocycles. The van der Waals surface area contributed by atoms with Gasteiger partial charge in [-0.25, -0.2) is 0 Å². The quantitative estimate of drug-likeness (QED) is 0.436. The number of non-ortho nitro benzene ring substituents is 1. The molecule has 0 aliphatic heterocycles. The van der Waals surface area contributed by atoms with Crippen molar-refractivity contribution < 1.29 is 9.66 Å². The van der Waals surface area contributed by atoms with Crippen molar-refractivity contribution in [2.45, 2.75) is 0 Å². The number of hydrogen-bond acceptors (Lipinski definition) is 4. The first-order chi connectivity index (χ1) is 6.74. The van der Waals surface area contributed by atoms with Crippen LogP contribution in [0.1, 0.15) is 0 Å². The van der Waals surface area contributed by atoms with Crippen molar-refractivity contribution in [3.05, 3.63) is 34.4 Å². The number of rotatable bonds is 5. The third-order valence-corrected chi connectivity index (χ3v) is 1.67. The molecule has 0 radical (unpaired) electrons. The summed E-state index contributed by atoms with van der Waals surface area (Å²) in [6.07, 6.45) is 0. The van der Waals surface area contributed by atoms with Crippen molar-refractivity contribution in [1.29, 1.82) is 0 Å². The number of nitrogens with zero attached hydrogens (tertiary/aromatic N) is 1. The third-order valence-electron chi connectivity index (χ3n) is 1.67. The molecule has 76 valence electrons. The maximum Gasteiger partial charge on any atom is 0.269 e. The Kier molecular flexibility index (Phi) is 3.87. The van der Waals surface area contributed by atoms with Crippen LogP contribution in [0.4, 0.5) is 5.69 Å². The predicted molar refractivity (Wildman–Crippen MR) is 52.5 cm³/mol. The lowest BCUT2D eigenvalue weighted by Gasteiger charge is -2.04. The highest BCUT2D eigenvalue weighted by Crippen LogP contribution is 2.16. The number of likely N-dealkylation sites (N-methyl/N-ethyl adjacent to an activating group) is 1. The van der Waals surface area contributed by atoms with Crippen LogP contribution in [0, 0.1) is 10.1 Å². The molecule has 0 amide bonds. The van der Waals surface area contributed by atoms with Gasteiger partial charge in [-0.05, 0) is 19.2 Å². The summed E-state index contributed by atoms with van der Waals surface area (Å²) in [4.78, 5) is 9.89. The Balaban J connectivity index is 2.51. The topological polar surface area (TPSA) is 64.4 Å². The summed E-state index contributed by atoms with van der Waals surface area (Å²) in [5.74, 6) is 0.644. The van der Waals surface area contributed by atoms with E-state index in [1.807, 2.05) is 7.05 Å². The Labute approximate surface area is 81.8 Å². The van der Waals surface area contributed by atoms with Crippen molar-refractivity contribution >= 4 is 5.69 Å². The molecule has 1 aromatic rings. The highest BCUT2D eigenvalue weighted by molar-refractivity contribution is 5.35.